The van der Waals surface area contributed by atoms with Crippen molar-refractivity contribution < 1.29 is 32.2 Å². The molecule has 1 fully saturated rings. The van der Waals surface area contributed by atoms with Crippen molar-refractivity contribution in [1.82, 2.24) is 9.80 Å². The van der Waals surface area contributed by atoms with E-state index in [-0.39, 0.29) is 33.8 Å². The van der Waals surface area contributed by atoms with Crippen molar-refractivity contribution in [1.29, 1.82) is 5.26 Å². The van der Waals surface area contributed by atoms with E-state index in [1.807, 2.05) is 19.0 Å². The second kappa shape index (κ2) is 10.2. The number of halogens is 3. The highest BCUT2D eigenvalue weighted by molar-refractivity contribution is 8.18. The summed E-state index contributed by atoms with van der Waals surface area (Å²) in [6, 6.07) is 9.09. The van der Waals surface area contributed by atoms with Crippen LogP contribution in [-0.4, -0.2) is 55.2 Å². The number of hydrogen-bond donors (Lipinski definition) is 0. The highest BCUT2D eigenvalue weighted by Crippen LogP contribution is 2.41. The lowest BCUT2D eigenvalue weighted by atomic mass is 10.1. The third-order valence-corrected chi connectivity index (χ3v) is 5.67. The van der Waals surface area contributed by atoms with Crippen LogP contribution in [0.4, 0.5) is 18.0 Å². The van der Waals surface area contributed by atoms with Crippen LogP contribution in [0, 0.1) is 11.3 Å². The van der Waals surface area contributed by atoms with Crippen LogP contribution in [0.25, 0.3) is 6.08 Å². The summed E-state index contributed by atoms with van der Waals surface area (Å²) in [6.45, 7) is 0.789. The molecule has 1 aliphatic rings. The van der Waals surface area contributed by atoms with E-state index in [0.717, 1.165) is 22.7 Å². The van der Waals surface area contributed by atoms with Gasteiger partial charge in [0, 0.05) is 13.1 Å². The Morgan fingerprint density at radius 1 is 1.12 bits per heavy atom. The predicted octanol–water partition coefficient (Wildman–Crippen LogP) is 4.98. The molecule has 0 radical (unpaired) electrons. The van der Waals surface area contributed by atoms with E-state index in [9.17, 15) is 22.8 Å². The molecule has 2 aromatic rings. The monoisotopic (exact) mass is 491 g/mol. The molecule has 0 unspecified atom stereocenters. The van der Waals surface area contributed by atoms with Crippen LogP contribution in [0.5, 0.6) is 17.2 Å². The van der Waals surface area contributed by atoms with Gasteiger partial charge in [-0.1, -0.05) is 6.07 Å². The minimum absolute atomic E-state index is 0.00828. The number of nitrogens with zero attached hydrogens (tertiary/aromatic N) is 3. The number of rotatable bonds is 7. The molecule has 0 saturated carbocycles. The van der Waals surface area contributed by atoms with Gasteiger partial charge in [-0.2, -0.15) is 18.4 Å². The normalized spacial score (nSPS) is 15.2. The van der Waals surface area contributed by atoms with Crippen LogP contribution < -0.4 is 9.47 Å². The maximum absolute atomic E-state index is 13.4. The number of methoxy groups -OCH3 is 1. The van der Waals surface area contributed by atoms with Gasteiger partial charge in [-0.3, -0.25) is 14.5 Å². The molecule has 0 bridgehead atoms. The molecule has 11 heteroatoms. The Hall–Kier alpha value is -3.49. The lowest BCUT2D eigenvalue weighted by molar-refractivity contribution is -0.138. The zero-order chi connectivity index (χ0) is 25.0. The Bertz CT molecular complexity index is 1190. The van der Waals surface area contributed by atoms with Crippen LogP contribution in [0.2, 0.25) is 0 Å². The number of benzene rings is 2. The Balaban J connectivity index is 1.87. The lowest BCUT2D eigenvalue weighted by Gasteiger charge is -2.16. The number of imide groups is 1. The minimum atomic E-state index is -4.73. The molecule has 0 aromatic heterocycles. The molecule has 0 spiro atoms. The van der Waals surface area contributed by atoms with E-state index in [2.05, 4.69) is 0 Å². The van der Waals surface area contributed by atoms with Gasteiger partial charge in [0.25, 0.3) is 11.1 Å². The molecule has 3 rings (SSSR count). The predicted molar refractivity (Wildman–Crippen MR) is 120 cm³/mol. The Morgan fingerprint density at radius 3 is 2.44 bits per heavy atom. The number of nitriles is 1. The third-order valence-electron chi connectivity index (χ3n) is 4.76. The van der Waals surface area contributed by atoms with Gasteiger partial charge in [0.1, 0.15) is 5.75 Å². The summed E-state index contributed by atoms with van der Waals surface area (Å²) in [5, 5.41) is 8.54. The average Bonchev–Trinajstić information content (AvgIpc) is 3.04. The second-order valence-corrected chi connectivity index (χ2v) is 8.46. The first kappa shape index (κ1) is 25.1. The van der Waals surface area contributed by atoms with Crippen molar-refractivity contribution in [2.24, 2.45) is 0 Å². The van der Waals surface area contributed by atoms with E-state index in [0.29, 0.717) is 18.2 Å². The first-order valence-electron chi connectivity index (χ1n) is 9.91. The van der Waals surface area contributed by atoms with E-state index in [1.165, 1.54) is 37.5 Å². The molecular formula is C23H20F3N3O4S. The average molecular weight is 491 g/mol. The van der Waals surface area contributed by atoms with Gasteiger partial charge in [-0.15, -0.1) is 0 Å². The standard InChI is InChI=1S/C23H20F3N3O4S/c1-28(2)8-9-29-21(30)20(34-22(29)31)12-14-4-7-18(19(11-14)32-3)33-17-6-5-15(13-27)10-16(17)23(24,25)26/h4-7,10-12H,8-9H2,1-3H3. The van der Waals surface area contributed by atoms with Gasteiger partial charge in [0.2, 0.25) is 0 Å². The number of ether oxygens (including phenoxy) is 2. The van der Waals surface area contributed by atoms with Crippen molar-refractivity contribution in [2.75, 3.05) is 34.3 Å². The SMILES string of the molecule is COc1cc(C=C2SC(=O)N(CCN(C)C)C2=O)ccc1Oc1ccc(C#N)cc1C(F)(F)F. The van der Waals surface area contributed by atoms with Crippen molar-refractivity contribution in [3.8, 4) is 23.3 Å². The van der Waals surface area contributed by atoms with Crippen LogP contribution in [0.15, 0.2) is 41.3 Å². The van der Waals surface area contributed by atoms with Gasteiger partial charge in [-0.05, 0) is 67.8 Å². The zero-order valence-electron chi connectivity index (χ0n) is 18.5. The zero-order valence-corrected chi connectivity index (χ0v) is 19.3. The molecule has 2 aromatic carbocycles. The van der Waals surface area contributed by atoms with Gasteiger partial charge in [-0.25, -0.2) is 0 Å². The number of amides is 2. The van der Waals surface area contributed by atoms with Gasteiger partial charge in [0.15, 0.2) is 11.5 Å². The van der Waals surface area contributed by atoms with E-state index in [1.54, 1.807) is 6.07 Å². The molecule has 2 amide bonds. The number of carbonyl (C=O) groups is 2. The summed E-state index contributed by atoms with van der Waals surface area (Å²) in [5.41, 5.74) is -0.747. The summed E-state index contributed by atoms with van der Waals surface area (Å²) in [4.78, 5) is 28.0. The molecule has 0 N–H and O–H groups in total. The topological polar surface area (TPSA) is 82.9 Å². The number of alkyl halides is 3. The molecule has 1 aliphatic heterocycles. The van der Waals surface area contributed by atoms with E-state index in [4.69, 9.17) is 14.7 Å². The maximum atomic E-state index is 13.4. The maximum Gasteiger partial charge on any atom is 0.420 e. The summed E-state index contributed by atoms with van der Waals surface area (Å²) < 4.78 is 51.1. The van der Waals surface area contributed by atoms with Gasteiger partial charge in [0.05, 0.1) is 29.2 Å². The first-order valence-corrected chi connectivity index (χ1v) is 10.7. The number of carbonyl (C=O) groups excluding carboxylic acids is 2. The molecule has 0 atom stereocenters. The minimum Gasteiger partial charge on any atom is -0.493 e. The van der Waals surface area contributed by atoms with Gasteiger partial charge >= 0.3 is 6.18 Å². The van der Waals surface area contributed by atoms with Crippen molar-refractivity contribution in [2.45, 2.75) is 6.18 Å². The number of likely N-dealkylation sites (N-methyl/N-ethyl adjacent to an activating group) is 1. The molecule has 178 valence electrons. The fourth-order valence-corrected chi connectivity index (χ4v) is 3.90. The fourth-order valence-electron chi connectivity index (χ4n) is 3.03. The molecular weight excluding hydrogens is 471 g/mol. The quantitative estimate of drug-likeness (QED) is 0.506. The highest BCUT2D eigenvalue weighted by atomic mass is 32.2. The smallest absolute Gasteiger partial charge is 0.420 e. The van der Waals surface area contributed by atoms with Crippen molar-refractivity contribution >= 4 is 29.0 Å². The van der Waals surface area contributed by atoms with Crippen molar-refractivity contribution in [3.05, 3.63) is 58.0 Å². The molecule has 1 saturated heterocycles. The Labute approximate surface area is 198 Å². The Kier molecular flexibility index (Phi) is 7.54. The molecule has 34 heavy (non-hydrogen) atoms. The summed E-state index contributed by atoms with van der Waals surface area (Å²) in [5.74, 6) is -0.768. The van der Waals surface area contributed by atoms with Crippen molar-refractivity contribution in [3.63, 3.8) is 0 Å². The molecule has 0 aliphatic carbocycles. The molecule has 7 nitrogen and oxygen atoms in total. The van der Waals surface area contributed by atoms with Crippen LogP contribution >= 0.6 is 11.8 Å². The highest BCUT2D eigenvalue weighted by Gasteiger charge is 2.36. The molecule has 1 heterocycles. The number of thioether (sulfide) groups is 1. The van der Waals surface area contributed by atoms with Crippen LogP contribution in [-0.2, 0) is 11.0 Å². The lowest BCUT2D eigenvalue weighted by Crippen LogP contribution is -2.34. The van der Waals surface area contributed by atoms with Gasteiger partial charge < -0.3 is 14.4 Å². The third kappa shape index (κ3) is 5.70. The summed E-state index contributed by atoms with van der Waals surface area (Å²) in [7, 11) is 4.99. The second-order valence-electron chi connectivity index (χ2n) is 7.47. The first-order chi connectivity index (χ1) is 16.0. The van der Waals surface area contributed by atoms with E-state index >= 15 is 0 Å². The summed E-state index contributed by atoms with van der Waals surface area (Å²) in [6.07, 6.45) is -3.22. The fraction of sp³-hybridized carbons (Fsp3) is 0.261. The Morgan fingerprint density at radius 2 is 1.82 bits per heavy atom. The van der Waals surface area contributed by atoms with Crippen LogP contribution in [0.3, 0.4) is 0 Å². The van der Waals surface area contributed by atoms with Crippen LogP contribution in [0.1, 0.15) is 16.7 Å². The largest absolute Gasteiger partial charge is 0.493 e. The number of hydrogen-bond acceptors (Lipinski definition) is 7. The summed E-state index contributed by atoms with van der Waals surface area (Å²) >= 11 is 0.813. The van der Waals surface area contributed by atoms with E-state index < -0.39 is 23.4 Å².